The fourth-order valence-corrected chi connectivity index (χ4v) is 2.12. The summed E-state index contributed by atoms with van der Waals surface area (Å²) in [5.74, 6) is -0.867. The first-order chi connectivity index (χ1) is 8.19. The van der Waals surface area contributed by atoms with Crippen molar-refractivity contribution in [2.75, 3.05) is 32.9 Å². The lowest BCUT2D eigenvalue weighted by Gasteiger charge is -2.35. The molecule has 0 bridgehead atoms. The molecule has 17 heavy (non-hydrogen) atoms. The van der Waals surface area contributed by atoms with Crippen LogP contribution in [0.1, 0.15) is 26.7 Å². The molecule has 0 aromatic carbocycles. The first-order valence-electron chi connectivity index (χ1n) is 6.35. The van der Waals surface area contributed by atoms with Gasteiger partial charge in [-0.15, -0.1) is 0 Å². The normalized spacial score (nSPS) is 23.5. The molecule has 0 radical (unpaired) electrons. The summed E-state index contributed by atoms with van der Waals surface area (Å²) in [5, 5.41) is 8.99. The Bertz CT molecular complexity index is 235. The summed E-state index contributed by atoms with van der Waals surface area (Å²) in [6.45, 7) is 7.53. The van der Waals surface area contributed by atoms with Crippen LogP contribution in [0.3, 0.4) is 0 Å². The van der Waals surface area contributed by atoms with Crippen LogP contribution in [0.2, 0.25) is 0 Å². The van der Waals surface area contributed by atoms with Crippen molar-refractivity contribution in [1.29, 1.82) is 0 Å². The van der Waals surface area contributed by atoms with E-state index in [-0.39, 0.29) is 0 Å². The van der Waals surface area contributed by atoms with Gasteiger partial charge < -0.3 is 14.6 Å². The Morgan fingerprint density at radius 3 is 2.94 bits per heavy atom. The zero-order valence-electron chi connectivity index (χ0n) is 10.7. The van der Waals surface area contributed by atoms with Crippen molar-refractivity contribution in [3.8, 4) is 0 Å². The highest BCUT2D eigenvalue weighted by atomic mass is 16.5. The Morgan fingerprint density at radius 2 is 2.35 bits per heavy atom. The van der Waals surface area contributed by atoms with E-state index in [0.29, 0.717) is 19.1 Å². The largest absolute Gasteiger partial charge is 0.479 e. The SMILES string of the molecule is CCOC(CCN1CCOCC1CC)C(=O)O. The molecule has 1 heterocycles. The van der Waals surface area contributed by atoms with Crippen LogP contribution in [0.25, 0.3) is 0 Å². The second kappa shape index (κ2) is 7.63. The van der Waals surface area contributed by atoms with E-state index in [9.17, 15) is 4.79 Å². The quantitative estimate of drug-likeness (QED) is 0.724. The molecular formula is C12H23NO4. The maximum absolute atomic E-state index is 10.9. The number of morpholine rings is 1. The summed E-state index contributed by atoms with van der Waals surface area (Å²) < 4.78 is 10.6. The Hall–Kier alpha value is -0.650. The Labute approximate surface area is 103 Å². The van der Waals surface area contributed by atoms with Crippen molar-refractivity contribution in [3.63, 3.8) is 0 Å². The van der Waals surface area contributed by atoms with Crippen LogP contribution in [0, 0.1) is 0 Å². The number of carboxylic acids is 1. The molecule has 0 aliphatic carbocycles. The van der Waals surface area contributed by atoms with Crippen molar-refractivity contribution in [1.82, 2.24) is 4.90 Å². The van der Waals surface area contributed by atoms with Gasteiger partial charge in [0, 0.05) is 25.7 Å². The lowest BCUT2D eigenvalue weighted by atomic mass is 10.1. The van der Waals surface area contributed by atoms with Gasteiger partial charge in [0.1, 0.15) is 0 Å². The molecule has 1 saturated heterocycles. The smallest absolute Gasteiger partial charge is 0.332 e. The molecule has 100 valence electrons. The minimum Gasteiger partial charge on any atom is -0.479 e. The van der Waals surface area contributed by atoms with E-state index in [1.807, 2.05) is 6.92 Å². The molecule has 0 spiro atoms. The average Bonchev–Trinajstić information content (AvgIpc) is 2.34. The molecule has 5 nitrogen and oxygen atoms in total. The van der Waals surface area contributed by atoms with E-state index in [4.69, 9.17) is 14.6 Å². The molecule has 1 rings (SSSR count). The van der Waals surface area contributed by atoms with Crippen LogP contribution in [0.5, 0.6) is 0 Å². The molecule has 0 aromatic heterocycles. The molecule has 2 unspecified atom stereocenters. The summed E-state index contributed by atoms with van der Waals surface area (Å²) in [6, 6.07) is 0.417. The summed E-state index contributed by atoms with van der Waals surface area (Å²) in [5.41, 5.74) is 0. The van der Waals surface area contributed by atoms with Gasteiger partial charge in [-0.1, -0.05) is 6.92 Å². The molecule has 5 heteroatoms. The minimum absolute atomic E-state index is 0.417. The van der Waals surface area contributed by atoms with Gasteiger partial charge in [-0.3, -0.25) is 4.90 Å². The van der Waals surface area contributed by atoms with Gasteiger partial charge >= 0.3 is 5.97 Å². The Kier molecular flexibility index (Phi) is 6.47. The Balaban J connectivity index is 2.38. The molecule has 0 aromatic rings. The number of hydrogen-bond donors (Lipinski definition) is 1. The van der Waals surface area contributed by atoms with Crippen molar-refractivity contribution >= 4 is 5.97 Å². The minimum atomic E-state index is -0.867. The van der Waals surface area contributed by atoms with Crippen molar-refractivity contribution in [2.24, 2.45) is 0 Å². The van der Waals surface area contributed by atoms with Gasteiger partial charge in [0.2, 0.25) is 0 Å². The molecule has 0 amide bonds. The monoisotopic (exact) mass is 245 g/mol. The summed E-state index contributed by atoms with van der Waals surface area (Å²) in [4.78, 5) is 13.2. The predicted molar refractivity (Wildman–Crippen MR) is 64.1 cm³/mol. The third kappa shape index (κ3) is 4.61. The third-order valence-electron chi connectivity index (χ3n) is 3.14. The summed E-state index contributed by atoms with van der Waals surface area (Å²) in [7, 11) is 0. The lowest BCUT2D eigenvalue weighted by Crippen LogP contribution is -2.46. The molecule has 1 aliphatic heterocycles. The van der Waals surface area contributed by atoms with E-state index >= 15 is 0 Å². The number of carbonyl (C=O) groups is 1. The third-order valence-corrected chi connectivity index (χ3v) is 3.14. The molecule has 2 atom stereocenters. The maximum Gasteiger partial charge on any atom is 0.332 e. The molecule has 1 N–H and O–H groups in total. The lowest BCUT2D eigenvalue weighted by molar-refractivity contribution is -0.151. The number of rotatable bonds is 7. The first-order valence-corrected chi connectivity index (χ1v) is 6.35. The van der Waals surface area contributed by atoms with E-state index in [2.05, 4.69) is 11.8 Å². The highest BCUT2D eigenvalue weighted by molar-refractivity contribution is 5.72. The number of ether oxygens (including phenoxy) is 2. The molecule has 1 aliphatic rings. The van der Waals surface area contributed by atoms with Gasteiger partial charge in [0.05, 0.1) is 13.2 Å². The highest BCUT2D eigenvalue weighted by Crippen LogP contribution is 2.12. The van der Waals surface area contributed by atoms with Gasteiger partial charge in [-0.25, -0.2) is 4.79 Å². The summed E-state index contributed by atoms with van der Waals surface area (Å²) >= 11 is 0. The Morgan fingerprint density at radius 1 is 1.59 bits per heavy atom. The van der Waals surface area contributed by atoms with E-state index in [1.54, 1.807) is 0 Å². The van der Waals surface area contributed by atoms with Crippen molar-refractivity contribution in [2.45, 2.75) is 38.8 Å². The molecular weight excluding hydrogens is 222 g/mol. The van der Waals surface area contributed by atoms with Crippen LogP contribution in [0.15, 0.2) is 0 Å². The van der Waals surface area contributed by atoms with Gasteiger partial charge in [0.15, 0.2) is 6.10 Å². The van der Waals surface area contributed by atoms with E-state index in [0.717, 1.165) is 32.7 Å². The van der Waals surface area contributed by atoms with E-state index < -0.39 is 12.1 Å². The summed E-state index contributed by atoms with van der Waals surface area (Å²) in [6.07, 6.45) is 0.895. The standard InChI is InChI=1S/C12H23NO4/c1-3-10-9-16-8-7-13(10)6-5-11(12(14)15)17-4-2/h10-11H,3-9H2,1-2H3,(H,14,15). The van der Waals surface area contributed by atoms with Crippen LogP contribution in [0.4, 0.5) is 0 Å². The maximum atomic E-state index is 10.9. The van der Waals surface area contributed by atoms with Gasteiger partial charge in [0.25, 0.3) is 0 Å². The second-order valence-corrected chi connectivity index (χ2v) is 4.24. The highest BCUT2D eigenvalue weighted by Gasteiger charge is 2.24. The molecule has 0 saturated carbocycles. The fourth-order valence-electron chi connectivity index (χ4n) is 2.12. The number of aliphatic carboxylic acids is 1. The number of hydrogen-bond acceptors (Lipinski definition) is 4. The van der Waals surface area contributed by atoms with Crippen LogP contribution >= 0.6 is 0 Å². The van der Waals surface area contributed by atoms with Crippen molar-refractivity contribution in [3.05, 3.63) is 0 Å². The zero-order chi connectivity index (χ0) is 12.7. The number of nitrogens with zero attached hydrogens (tertiary/aromatic N) is 1. The predicted octanol–water partition coefficient (Wildman–Crippen LogP) is 0.977. The number of carboxylic acid groups (broad SMARTS) is 1. The van der Waals surface area contributed by atoms with Crippen LogP contribution < -0.4 is 0 Å². The van der Waals surface area contributed by atoms with Gasteiger partial charge in [-0.05, 0) is 19.8 Å². The van der Waals surface area contributed by atoms with Gasteiger partial charge in [-0.2, -0.15) is 0 Å². The zero-order valence-corrected chi connectivity index (χ0v) is 10.7. The fraction of sp³-hybridized carbons (Fsp3) is 0.917. The molecule has 1 fully saturated rings. The second-order valence-electron chi connectivity index (χ2n) is 4.24. The van der Waals surface area contributed by atoms with E-state index in [1.165, 1.54) is 0 Å². The van der Waals surface area contributed by atoms with Crippen molar-refractivity contribution < 1.29 is 19.4 Å². The van der Waals surface area contributed by atoms with Crippen LogP contribution in [-0.2, 0) is 14.3 Å². The first kappa shape index (κ1) is 14.4. The average molecular weight is 245 g/mol. The topological polar surface area (TPSA) is 59.0 Å². The van der Waals surface area contributed by atoms with Crippen LogP contribution in [-0.4, -0.2) is 61.0 Å².